The van der Waals surface area contributed by atoms with E-state index >= 15 is 0 Å². The fraction of sp³-hybridized carbons (Fsp3) is 0.385. The molecule has 8 heteroatoms. The molecule has 0 aliphatic rings. The summed E-state index contributed by atoms with van der Waals surface area (Å²) in [5.74, 6) is -0.436. The summed E-state index contributed by atoms with van der Waals surface area (Å²) < 4.78 is 19.0. The lowest BCUT2D eigenvalue weighted by Crippen LogP contribution is -2.24. The summed E-state index contributed by atoms with van der Waals surface area (Å²) in [6, 6.07) is 1.32. The topological polar surface area (TPSA) is 92.9 Å². The second kappa shape index (κ2) is 6.78. The molecule has 0 radical (unpaired) electrons. The van der Waals surface area contributed by atoms with Crippen molar-refractivity contribution in [3.05, 3.63) is 35.4 Å². The number of carbonyl (C=O) groups excluding carboxylic acids is 1. The van der Waals surface area contributed by atoms with Gasteiger partial charge in [0, 0.05) is 12.7 Å². The van der Waals surface area contributed by atoms with Crippen molar-refractivity contribution in [2.45, 2.75) is 26.8 Å². The fourth-order valence-electron chi connectivity index (χ4n) is 1.65. The Morgan fingerprint density at radius 1 is 1.48 bits per heavy atom. The highest BCUT2D eigenvalue weighted by Crippen LogP contribution is 2.15. The lowest BCUT2D eigenvalue weighted by molar-refractivity contribution is 0.0942. The maximum atomic E-state index is 14.1. The standard InChI is InChI=1S/C13H16FN5O2/c1-3-5-15-12-11(14)9(4-6-16-12)13(20)17-7-10-18-8(2)19-21-10/h4,6H,3,5,7H2,1-2H3,(H,15,16)(H,17,20). The van der Waals surface area contributed by atoms with E-state index in [1.165, 1.54) is 12.3 Å². The summed E-state index contributed by atoms with van der Waals surface area (Å²) in [4.78, 5) is 19.8. The highest BCUT2D eigenvalue weighted by molar-refractivity contribution is 5.95. The van der Waals surface area contributed by atoms with E-state index in [4.69, 9.17) is 4.52 Å². The van der Waals surface area contributed by atoms with Crippen molar-refractivity contribution in [1.29, 1.82) is 0 Å². The van der Waals surface area contributed by atoms with E-state index in [1.807, 2.05) is 6.92 Å². The molecule has 2 aromatic rings. The first-order valence-electron chi connectivity index (χ1n) is 6.57. The van der Waals surface area contributed by atoms with Crippen LogP contribution in [0.1, 0.15) is 35.4 Å². The van der Waals surface area contributed by atoms with Gasteiger partial charge < -0.3 is 15.2 Å². The average molecular weight is 293 g/mol. The number of carbonyl (C=O) groups is 1. The normalized spacial score (nSPS) is 10.4. The number of aromatic nitrogens is 3. The van der Waals surface area contributed by atoms with Gasteiger partial charge in [-0.3, -0.25) is 4.79 Å². The first kappa shape index (κ1) is 14.9. The zero-order chi connectivity index (χ0) is 15.2. The Kier molecular flexibility index (Phi) is 4.81. The number of nitrogens with zero attached hydrogens (tertiary/aromatic N) is 3. The van der Waals surface area contributed by atoms with Crippen molar-refractivity contribution in [3.63, 3.8) is 0 Å². The Hall–Kier alpha value is -2.51. The van der Waals surface area contributed by atoms with E-state index in [9.17, 15) is 9.18 Å². The molecule has 112 valence electrons. The number of rotatable bonds is 6. The molecule has 2 aromatic heterocycles. The van der Waals surface area contributed by atoms with Gasteiger partial charge in [-0.1, -0.05) is 12.1 Å². The first-order valence-corrected chi connectivity index (χ1v) is 6.57. The molecule has 0 saturated carbocycles. The van der Waals surface area contributed by atoms with Gasteiger partial charge >= 0.3 is 0 Å². The van der Waals surface area contributed by atoms with Crippen molar-refractivity contribution >= 4 is 11.7 Å². The molecule has 2 rings (SSSR count). The quantitative estimate of drug-likeness (QED) is 0.841. The van der Waals surface area contributed by atoms with Gasteiger partial charge in [0.15, 0.2) is 17.5 Å². The van der Waals surface area contributed by atoms with E-state index in [1.54, 1.807) is 6.92 Å². The summed E-state index contributed by atoms with van der Waals surface area (Å²) in [7, 11) is 0. The van der Waals surface area contributed by atoms with Crippen LogP contribution in [0.15, 0.2) is 16.8 Å². The van der Waals surface area contributed by atoms with Gasteiger partial charge in [0.1, 0.15) is 0 Å². The van der Waals surface area contributed by atoms with Gasteiger partial charge in [0.05, 0.1) is 12.1 Å². The monoisotopic (exact) mass is 293 g/mol. The van der Waals surface area contributed by atoms with Crippen molar-refractivity contribution in [3.8, 4) is 0 Å². The summed E-state index contributed by atoms with van der Waals surface area (Å²) in [5.41, 5.74) is -0.0835. The van der Waals surface area contributed by atoms with Gasteiger partial charge in [-0.2, -0.15) is 4.98 Å². The van der Waals surface area contributed by atoms with Crippen LogP contribution in [0.3, 0.4) is 0 Å². The molecule has 0 spiro atoms. The number of anilines is 1. The van der Waals surface area contributed by atoms with Gasteiger partial charge in [-0.05, 0) is 19.4 Å². The Morgan fingerprint density at radius 2 is 2.29 bits per heavy atom. The minimum atomic E-state index is -0.676. The molecule has 2 N–H and O–H groups in total. The maximum Gasteiger partial charge on any atom is 0.254 e. The largest absolute Gasteiger partial charge is 0.368 e. The summed E-state index contributed by atoms with van der Waals surface area (Å²) >= 11 is 0. The number of pyridine rings is 1. The van der Waals surface area contributed by atoms with Crippen LogP contribution in [0.5, 0.6) is 0 Å². The highest BCUT2D eigenvalue weighted by Gasteiger charge is 2.16. The highest BCUT2D eigenvalue weighted by atomic mass is 19.1. The Morgan fingerprint density at radius 3 is 2.95 bits per heavy atom. The van der Waals surface area contributed by atoms with E-state index < -0.39 is 11.7 Å². The van der Waals surface area contributed by atoms with E-state index in [2.05, 4.69) is 25.8 Å². The molecule has 1 amide bonds. The zero-order valence-corrected chi connectivity index (χ0v) is 11.8. The van der Waals surface area contributed by atoms with Crippen LogP contribution in [0, 0.1) is 12.7 Å². The first-order chi connectivity index (χ1) is 10.1. The molecule has 0 aromatic carbocycles. The van der Waals surface area contributed by atoms with Crippen molar-refractivity contribution in [1.82, 2.24) is 20.4 Å². The summed E-state index contributed by atoms with van der Waals surface area (Å²) in [6.07, 6.45) is 2.21. The van der Waals surface area contributed by atoms with Crippen LogP contribution in [0.2, 0.25) is 0 Å². The fourth-order valence-corrected chi connectivity index (χ4v) is 1.65. The maximum absolute atomic E-state index is 14.1. The Balaban J connectivity index is 2.04. The molecular weight excluding hydrogens is 277 g/mol. The van der Waals surface area contributed by atoms with E-state index in [0.717, 1.165) is 6.42 Å². The molecule has 0 atom stereocenters. The number of halogens is 1. The van der Waals surface area contributed by atoms with Crippen molar-refractivity contribution in [2.75, 3.05) is 11.9 Å². The Bertz CT molecular complexity index is 629. The second-order valence-electron chi connectivity index (χ2n) is 4.37. The molecule has 0 unspecified atom stereocenters. The SMILES string of the molecule is CCCNc1nccc(C(=O)NCc2nc(C)no2)c1F. The zero-order valence-electron chi connectivity index (χ0n) is 11.8. The molecule has 0 saturated heterocycles. The van der Waals surface area contributed by atoms with Crippen LogP contribution < -0.4 is 10.6 Å². The third kappa shape index (κ3) is 3.74. The minimum absolute atomic E-state index is 0.0408. The van der Waals surface area contributed by atoms with E-state index in [0.29, 0.717) is 12.4 Å². The Labute approximate surface area is 121 Å². The van der Waals surface area contributed by atoms with E-state index in [-0.39, 0.29) is 23.8 Å². The third-order valence-electron chi connectivity index (χ3n) is 2.65. The predicted octanol–water partition coefficient (Wildman–Crippen LogP) is 1.66. The third-order valence-corrected chi connectivity index (χ3v) is 2.65. The number of nitrogens with one attached hydrogen (secondary N) is 2. The average Bonchev–Trinajstić information content (AvgIpc) is 2.89. The van der Waals surface area contributed by atoms with Gasteiger partial charge in [0.2, 0.25) is 5.89 Å². The molecule has 21 heavy (non-hydrogen) atoms. The molecular formula is C13H16FN5O2. The lowest BCUT2D eigenvalue weighted by atomic mass is 10.2. The van der Waals surface area contributed by atoms with Crippen LogP contribution in [0.25, 0.3) is 0 Å². The van der Waals surface area contributed by atoms with Crippen molar-refractivity contribution < 1.29 is 13.7 Å². The molecule has 0 fully saturated rings. The van der Waals surface area contributed by atoms with Gasteiger partial charge in [-0.15, -0.1) is 0 Å². The summed E-state index contributed by atoms with van der Waals surface area (Å²) in [5, 5.41) is 8.95. The number of aryl methyl sites for hydroxylation is 1. The number of hydrogen-bond acceptors (Lipinski definition) is 6. The lowest BCUT2D eigenvalue weighted by Gasteiger charge is -2.08. The summed E-state index contributed by atoms with van der Waals surface area (Å²) in [6.45, 7) is 4.24. The molecule has 2 heterocycles. The van der Waals surface area contributed by atoms with Crippen LogP contribution in [-0.2, 0) is 6.54 Å². The molecule has 0 aliphatic heterocycles. The smallest absolute Gasteiger partial charge is 0.254 e. The number of hydrogen-bond donors (Lipinski definition) is 2. The second-order valence-corrected chi connectivity index (χ2v) is 4.37. The molecule has 0 bridgehead atoms. The van der Waals surface area contributed by atoms with Crippen LogP contribution >= 0.6 is 0 Å². The van der Waals surface area contributed by atoms with Gasteiger partial charge in [-0.25, -0.2) is 9.37 Å². The predicted molar refractivity (Wildman–Crippen MR) is 73.2 cm³/mol. The van der Waals surface area contributed by atoms with Gasteiger partial charge in [0.25, 0.3) is 5.91 Å². The van der Waals surface area contributed by atoms with Crippen LogP contribution in [0.4, 0.5) is 10.2 Å². The number of amides is 1. The van der Waals surface area contributed by atoms with Crippen LogP contribution in [-0.4, -0.2) is 27.6 Å². The van der Waals surface area contributed by atoms with Crippen molar-refractivity contribution in [2.24, 2.45) is 0 Å². The molecule has 0 aliphatic carbocycles. The molecule has 7 nitrogen and oxygen atoms in total. The minimum Gasteiger partial charge on any atom is -0.368 e.